The molecule has 1 amide bonds. The fourth-order valence-electron chi connectivity index (χ4n) is 2.50. The van der Waals surface area contributed by atoms with E-state index < -0.39 is 10.0 Å². The molecule has 0 aliphatic heterocycles. The van der Waals surface area contributed by atoms with E-state index in [0.29, 0.717) is 12.6 Å². The first-order chi connectivity index (χ1) is 11.6. The van der Waals surface area contributed by atoms with Crippen molar-refractivity contribution in [2.24, 2.45) is 0 Å². The van der Waals surface area contributed by atoms with Gasteiger partial charge >= 0.3 is 0 Å². The van der Waals surface area contributed by atoms with Crippen LogP contribution in [0, 0.1) is 0 Å². The number of sulfonamides is 1. The van der Waals surface area contributed by atoms with Gasteiger partial charge in [-0.25, -0.2) is 13.1 Å². The maximum atomic E-state index is 12.5. The summed E-state index contributed by atoms with van der Waals surface area (Å²) in [4.78, 5) is 15.7. The number of nitrogens with one attached hydrogen (secondary N) is 1. The zero-order valence-electron chi connectivity index (χ0n) is 13.2. The number of amides is 1. The van der Waals surface area contributed by atoms with E-state index in [1.165, 1.54) is 12.1 Å². The van der Waals surface area contributed by atoms with Gasteiger partial charge in [0.05, 0.1) is 11.4 Å². The number of nitrogens with zero attached hydrogens (tertiary/aromatic N) is 1. The summed E-state index contributed by atoms with van der Waals surface area (Å²) < 4.78 is 26.8. The number of carbonyl (C=O) groups is 1. The Bertz CT molecular complexity index is 769. The summed E-state index contributed by atoms with van der Waals surface area (Å²) in [5.74, 6) is 0.00154. The van der Waals surface area contributed by atoms with Crippen molar-refractivity contribution in [2.75, 3.05) is 6.54 Å². The van der Waals surface area contributed by atoms with Gasteiger partial charge in [0, 0.05) is 23.9 Å². The van der Waals surface area contributed by atoms with Crippen molar-refractivity contribution in [3.63, 3.8) is 0 Å². The highest BCUT2D eigenvalue weighted by molar-refractivity contribution is 7.89. The summed E-state index contributed by atoms with van der Waals surface area (Å²) >= 11 is 1.63. The molecule has 0 spiro atoms. The van der Waals surface area contributed by atoms with Crippen molar-refractivity contribution >= 4 is 27.3 Å². The normalized spacial score (nSPS) is 14.5. The Kier molecular flexibility index (Phi) is 5.33. The van der Waals surface area contributed by atoms with Crippen molar-refractivity contribution < 1.29 is 13.2 Å². The molecule has 1 aromatic heterocycles. The Morgan fingerprint density at radius 2 is 1.92 bits per heavy atom. The molecule has 0 saturated heterocycles. The summed E-state index contributed by atoms with van der Waals surface area (Å²) in [5, 5.41) is 2.00. The van der Waals surface area contributed by atoms with Crippen molar-refractivity contribution in [3.8, 4) is 0 Å². The van der Waals surface area contributed by atoms with Crippen molar-refractivity contribution in [1.82, 2.24) is 9.62 Å². The van der Waals surface area contributed by atoms with Crippen molar-refractivity contribution in [2.45, 2.75) is 36.7 Å². The first-order valence-corrected chi connectivity index (χ1v) is 10.3. The minimum absolute atomic E-state index is 0.00154. The summed E-state index contributed by atoms with van der Waals surface area (Å²) in [5.41, 5.74) is 0. The van der Waals surface area contributed by atoms with Crippen LogP contribution in [0.2, 0.25) is 0 Å². The Balaban J connectivity index is 1.54. The average molecular weight is 364 g/mol. The third-order valence-corrected chi connectivity index (χ3v) is 6.24. The van der Waals surface area contributed by atoms with Gasteiger partial charge in [-0.3, -0.25) is 4.79 Å². The molecule has 1 aliphatic rings. The minimum Gasteiger partial charge on any atom is -0.335 e. The summed E-state index contributed by atoms with van der Waals surface area (Å²) in [7, 11) is -3.55. The monoisotopic (exact) mass is 364 g/mol. The largest absolute Gasteiger partial charge is 0.335 e. The molecule has 3 rings (SSSR count). The molecule has 2 aromatic rings. The van der Waals surface area contributed by atoms with Gasteiger partial charge < -0.3 is 4.90 Å². The molecular weight excluding hydrogens is 344 g/mol. The van der Waals surface area contributed by atoms with Crippen LogP contribution in [0.25, 0.3) is 0 Å². The number of thiophene rings is 1. The molecule has 0 atom stereocenters. The number of rotatable bonds is 8. The lowest BCUT2D eigenvalue weighted by molar-refractivity contribution is -0.132. The van der Waals surface area contributed by atoms with Crippen molar-refractivity contribution in [3.05, 3.63) is 52.7 Å². The van der Waals surface area contributed by atoms with Gasteiger partial charge in [0.1, 0.15) is 0 Å². The lowest BCUT2D eigenvalue weighted by atomic mass is 10.3. The SMILES string of the molecule is O=C(CCNS(=O)(=O)c1ccccc1)N(Cc1cccs1)C1CC1. The van der Waals surface area contributed by atoms with Gasteiger partial charge in [-0.15, -0.1) is 11.3 Å². The molecule has 128 valence electrons. The summed E-state index contributed by atoms with van der Waals surface area (Å²) in [6.07, 6.45) is 2.24. The molecule has 7 heteroatoms. The van der Waals surface area contributed by atoms with Gasteiger partial charge in [-0.05, 0) is 36.4 Å². The van der Waals surface area contributed by atoms with E-state index in [1.807, 2.05) is 22.4 Å². The van der Waals surface area contributed by atoms with Gasteiger partial charge in [-0.1, -0.05) is 24.3 Å². The molecule has 0 bridgehead atoms. The highest BCUT2D eigenvalue weighted by atomic mass is 32.2. The molecule has 5 nitrogen and oxygen atoms in total. The van der Waals surface area contributed by atoms with E-state index in [0.717, 1.165) is 17.7 Å². The van der Waals surface area contributed by atoms with Crippen molar-refractivity contribution in [1.29, 1.82) is 0 Å². The van der Waals surface area contributed by atoms with E-state index in [2.05, 4.69) is 4.72 Å². The first kappa shape index (κ1) is 17.1. The summed E-state index contributed by atoms with van der Waals surface area (Å²) in [6, 6.07) is 12.5. The van der Waals surface area contributed by atoms with E-state index in [4.69, 9.17) is 0 Å². The fraction of sp³-hybridized carbons (Fsp3) is 0.353. The maximum absolute atomic E-state index is 12.5. The smallest absolute Gasteiger partial charge is 0.240 e. The Labute approximate surface area is 146 Å². The topological polar surface area (TPSA) is 66.5 Å². The Morgan fingerprint density at radius 3 is 2.54 bits per heavy atom. The van der Waals surface area contributed by atoms with E-state index in [1.54, 1.807) is 29.5 Å². The second kappa shape index (κ2) is 7.46. The van der Waals surface area contributed by atoms with E-state index in [-0.39, 0.29) is 23.8 Å². The molecule has 1 fully saturated rings. The van der Waals surface area contributed by atoms with Crippen LogP contribution in [0.3, 0.4) is 0 Å². The van der Waals surface area contributed by atoms with Gasteiger partial charge in [-0.2, -0.15) is 0 Å². The third-order valence-electron chi connectivity index (χ3n) is 3.90. The molecule has 24 heavy (non-hydrogen) atoms. The quantitative estimate of drug-likeness (QED) is 0.783. The van der Waals surface area contributed by atoms with E-state index >= 15 is 0 Å². The number of hydrogen-bond donors (Lipinski definition) is 1. The fourth-order valence-corrected chi connectivity index (χ4v) is 4.25. The second-order valence-electron chi connectivity index (χ2n) is 5.79. The van der Waals surface area contributed by atoms with Gasteiger partial charge in [0.2, 0.25) is 15.9 Å². The Hall–Kier alpha value is -1.70. The standard InChI is InChI=1S/C17H20N2O3S2/c20-17(19(14-8-9-14)13-15-5-4-12-23-15)10-11-18-24(21,22)16-6-2-1-3-7-16/h1-7,12,14,18H,8-11,13H2. The van der Waals surface area contributed by atoms with Gasteiger partial charge in [0.25, 0.3) is 0 Å². The molecule has 1 N–H and O–H groups in total. The van der Waals surface area contributed by atoms with Crippen LogP contribution in [-0.4, -0.2) is 31.8 Å². The molecule has 0 unspecified atom stereocenters. The average Bonchev–Trinajstić information content (AvgIpc) is 3.29. The van der Waals surface area contributed by atoms with Crippen LogP contribution in [0.15, 0.2) is 52.7 Å². The van der Waals surface area contributed by atoms with Crippen LogP contribution >= 0.6 is 11.3 Å². The highest BCUT2D eigenvalue weighted by Gasteiger charge is 2.32. The van der Waals surface area contributed by atoms with E-state index in [9.17, 15) is 13.2 Å². The van der Waals surface area contributed by atoms with Crippen LogP contribution in [0.4, 0.5) is 0 Å². The highest BCUT2D eigenvalue weighted by Crippen LogP contribution is 2.29. The molecule has 1 heterocycles. The number of carbonyl (C=O) groups excluding carboxylic acids is 1. The second-order valence-corrected chi connectivity index (χ2v) is 8.59. The maximum Gasteiger partial charge on any atom is 0.240 e. The van der Waals surface area contributed by atoms with Crippen LogP contribution in [0.5, 0.6) is 0 Å². The van der Waals surface area contributed by atoms with Crippen LogP contribution in [-0.2, 0) is 21.4 Å². The molecule has 1 aromatic carbocycles. The molecule has 0 radical (unpaired) electrons. The molecule has 1 saturated carbocycles. The first-order valence-electron chi connectivity index (χ1n) is 7.93. The molecule has 1 aliphatic carbocycles. The Morgan fingerprint density at radius 1 is 1.17 bits per heavy atom. The zero-order valence-corrected chi connectivity index (χ0v) is 14.9. The summed E-state index contributed by atoms with van der Waals surface area (Å²) in [6.45, 7) is 0.732. The van der Waals surface area contributed by atoms with Gasteiger partial charge in [0.15, 0.2) is 0 Å². The third kappa shape index (κ3) is 4.43. The van der Waals surface area contributed by atoms with Crippen LogP contribution in [0.1, 0.15) is 24.1 Å². The predicted octanol–water partition coefficient (Wildman–Crippen LogP) is 2.61. The number of hydrogen-bond acceptors (Lipinski definition) is 4. The lowest BCUT2D eigenvalue weighted by Crippen LogP contribution is -2.35. The minimum atomic E-state index is -3.55. The zero-order chi connectivity index (χ0) is 17.0. The lowest BCUT2D eigenvalue weighted by Gasteiger charge is -2.22. The predicted molar refractivity (Wildman–Crippen MR) is 94.1 cm³/mol. The molecular formula is C17H20N2O3S2. The number of benzene rings is 1. The van der Waals surface area contributed by atoms with Crippen LogP contribution < -0.4 is 4.72 Å².